The normalized spacial score (nSPS) is 15.8. The van der Waals surface area contributed by atoms with E-state index in [0.717, 1.165) is 0 Å². The number of rotatable bonds is 3. The van der Waals surface area contributed by atoms with Gasteiger partial charge < -0.3 is 10.5 Å². The van der Waals surface area contributed by atoms with E-state index in [0.29, 0.717) is 0 Å². The Labute approximate surface area is 101 Å². The van der Waals surface area contributed by atoms with Crippen molar-refractivity contribution in [3.8, 4) is 0 Å². The second kappa shape index (κ2) is 4.61. The molecule has 1 atom stereocenters. The van der Waals surface area contributed by atoms with E-state index in [9.17, 15) is 4.79 Å². The van der Waals surface area contributed by atoms with Crippen molar-refractivity contribution in [3.05, 3.63) is 30.9 Å². The summed E-state index contributed by atoms with van der Waals surface area (Å²) in [6.07, 6.45) is 7.80. The Morgan fingerprint density at radius 3 is 2.47 bits per heavy atom. The first kappa shape index (κ1) is 13.3. The van der Waals surface area contributed by atoms with E-state index in [1.807, 2.05) is 33.8 Å². The molecule has 0 radical (unpaired) electrons. The summed E-state index contributed by atoms with van der Waals surface area (Å²) in [6.45, 7) is 7.77. The predicted molar refractivity (Wildman–Crippen MR) is 65.1 cm³/mol. The second-order valence-electron chi connectivity index (χ2n) is 4.84. The highest BCUT2D eigenvalue weighted by Crippen LogP contribution is 2.39. The summed E-state index contributed by atoms with van der Waals surface area (Å²) in [7, 11) is 0. The Kier molecular flexibility index (Phi) is 3.60. The topological polar surface area (TPSA) is 70.1 Å². The van der Waals surface area contributed by atoms with E-state index in [4.69, 9.17) is 10.5 Å². The highest BCUT2D eigenvalue weighted by atomic mass is 16.6. The van der Waals surface area contributed by atoms with Crippen LogP contribution in [0.2, 0.25) is 0 Å². The molecule has 0 spiro atoms. The lowest BCUT2D eigenvalue weighted by Gasteiger charge is -2.41. The first-order valence-electron chi connectivity index (χ1n) is 5.44. The highest BCUT2D eigenvalue weighted by molar-refractivity contribution is 5.65. The maximum absolute atomic E-state index is 11.2. The van der Waals surface area contributed by atoms with Crippen molar-refractivity contribution < 1.29 is 9.53 Å². The molecule has 0 aromatic carbocycles. The van der Waals surface area contributed by atoms with Crippen LogP contribution in [0.25, 0.3) is 0 Å². The van der Waals surface area contributed by atoms with Crippen molar-refractivity contribution in [2.45, 2.75) is 33.4 Å². The Bertz CT molecular complexity index is 404. The Balaban J connectivity index is 3.36. The zero-order valence-corrected chi connectivity index (χ0v) is 10.7. The molecule has 1 rings (SSSR count). The van der Waals surface area contributed by atoms with Crippen LogP contribution in [-0.4, -0.2) is 15.6 Å². The quantitative estimate of drug-likeness (QED) is 0.820. The standard InChI is InChI=1S/C12H19N3O2/c1-5-6-12(11(2,3)4,17-10(13)16)15-8-7-14-9-15/h5-9H,1-4H3,(H2,13,16). The molecule has 0 aliphatic heterocycles. The Morgan fingerprint density at radius 2 is 2.12 bits per heavy atom. The minimum absolute atomic E-state index is 0.366. The lowest BCUT2D eigenvalue weighted by molar-refractivity contribution is -0.0885. The van der Waals surface area contributed by atoms with Crippen molar-refractivity contribution >= 4 is 6.09 Å². The molecular weight excluding hydrogens is 218 g/mol. The van der Waals surface area contributed by atoms with Gasteiger partial charge in [0, 0.05) is 17.8 Å². The van der Waals surface area contributed by atoms with E-state index in [2.05, 4.69) is 4.98 Å². The summed E-state index contributed by atoms with van der Waals surface area (Å²) in [5.74, 6) is 0. The number of nitrogens with zero attached hydrogens (tertiary/aromatic N) is 2. The van der Waals surface area contributed by atoms with Gasteiger partial charge in [-0.05, 0) is 13.0 Å². The molecule has 1 aromatic rings. The number of hydrogen-bond donors (Lipinski definition) is 1. The number of hydrogen-bond acceptors (Lipinski definition) is 3. The van der Waals surface area contributed by atoms with Gasteiger partial charge in [0.25, 0.3) is 0 Å². The SMILES string of the molecule is CC=CC(OC(N)=O)(n1ccnc1)C(C)(C)C. The lowest BCUT2D eigenvalue weighted by Crippen LogP contribution is -2.48. The van der Waals surface area contributed by atoms with Gasteiger partial charge in [-0.25, -0.2) is 9.78 Å². The third kappa shape index (κ3) is 2.49. The predicted octanol–water partition coefficient (Wildman–Crippen LogP) is 2.25. The maximum Gasteiger partial charge on any atom is 0.406 e. The van der Waals surface area contributed by atoms with E-state index < -0.39 is 11.8 Å². The van der Waals surface area contributed by atoms with Crippen LogP contribution in [0.15, 0.2) is 30.9 Å². The lowest BCUT2D eigenvalue weighted by atomic mass is 9.82. The molecule has 1 amide bonds. The fourth-order valence-corrected chi connectivity index (χ4v) is 1.80. The zero-order chi connectivity index (χ0) is 13.1. The van der Waals surface area contributed by atoms with Crippen molar-refractivity contribution in [1.82, 2.24) is 9.55 Å². The van der Waals surface area contributed by atoms with E-state index in [1.54, 1.807) is 29.4 Å². The first-order chi connectivity index (χ1) is 7.83. The van der Waals surface area contributed by atoms with Gasteiger partial charge in [0.15, 0.2) is 0 Å². The number of nitrogens with two attached hydrogens (primary N) is 1. The summed E-state index contributed by atoms with van der Waals surface area (Å²) in [4.78, 5) is 15.2. The summed E-state index contributed by atoms with van der Waals surface area (Å²) in [5, 5.41) is 0. The third-order valence-electron chi connectivity index (χ3n) is 2.61. The smallest absolute Gasteiger partial charge is 0.406 e. The number of imidazole rings is 1. The molecule has 5 heteroatoms. The van der Waals surface area contributed by atoms with Gasteiger partial charge in [-0.15, -0.1) is 0 Å². The van der Waals surface area contributed by atoms with Crippen LogP contribution in [0, 0.1) is 5.41 Å². The van der Waals surface area contributed by atoms with Crippen LogP contribution in [0.4, 0.5) is 4.79 Å². The molecular formula is C12H19N3O2. The molecule has 2 N–H and O–H groups in total. The van der Waals surface area contributed by atoms with Crippen molar-refractivity contribution in [1.29, 1.82) is 0 Å². The van der Waals surface area contributed by atoms with E-state index >= 15 is 0 Å². The van der Waals surface area contributed by atoms with Crippen molar-refractivity contribution in [2.24, 2.45) is 11.1 Å². The number of aromatic nitrogens is 2. The van der Waals surface area contributed by atoms with Gasteiger partial charge in [-0.1, -0.05) is 26.8 Å². The number of amides is 1. The van der Waals surface area contributed by atoms with Crippen LogP contribution in [0.1, 0.15) is 27.7 Å². The number of allylic oxidation sites excluding steroid dienone is 1. The molecule has 17 heavy (non-hydrogen) atoms. The number of primary amides is 1. The fourth-order valence-electron chi connectivity index (χ4n) is 1.80. The summed E-state index contributed by atoms with van der Waals surface area (Å²) < 4.78 is 7.10. The molecule has 5 nitrogen and oxygen atoms in total. The maximum atomic E-state index is 11.2. The van der Waals surface area contributed by atoms with Crippen LogP contribution in [-0.2, 0) is 10.5 Å². The molecule has 0 aliphatic carbocycles. The molecule has 0 bridgehead atoms. The summed E-state index contributed by atoms with van der Waals surface area (Å²) >= 11 is 0. The highest BCUT2D eigenvalue weighted by Gasteiger charge is 2.44. The average molecular weight is 237 g/mol. The molecule has 94 valence electrons. The number of carbonyl (C=O) groups is 1. The number of ether oxygens (including phenoxy) is 1. The molecule has 0 saturated heterocycles. The zero-order valence-electron chi connectivity index (χ0n) is 10.7. The monoisotopic (exact) mass is 237 g/mol. The van der Waals surface area contributed by atoms with Gasteiger partial charge >= 0.3 is 6.09 Å². The number of carbonyl (C=O) groups excluding carboxylic acids is 1. The summed E-state index contributed by atoms with van der Waals surface area (Å²) in [5.41, 5.74) is 3.85. The second-order valence-corrected chi connectivity index (χ2v) is 4.84. The van der Waals surface area contributed by atoms with Gasteiger partial charge in [0.05, 0.1) is 6.33 Å². The van der Waals surface area contributed by atoms with Crippen LogP contribution in [0.3, 0.4) is 0 Å². The van der Waals surface area contributed by atoms with Crippen LogP contribution in [0.5, 0.6) is 0 Å². The van der Waals surface area contributed by atoms with E-state index in [-0.39, 0.29) is 5.41 Å². The molecule has 1 heterocycles. The molecule has 0 fully saturated rings. The molecule has 1 unspecified atom stereocenters. The average Bonchev–Trinajstić information content (AvgIpc) is 2.67. The Morgan fingerprint density at radius 1 is 1.47 bits per heavy atom. The Hall–Kier alpha value is -1.78. The van der Waals surface area contributed by atoms with Gasteiger partial charge in [-0.2, -0.15) is 0 Å². The largest absolute Gasteiger partial charge is 0.418 e. The van der Waals surface area contributed by atoms with Crippen LogP contribution < -0.4 is 5.73 Å². The molecule has 0 aliphatic rings. The molecule has 1 aromatic heterocycles. The first-order valence-corrected chi connectivity index (χ1v) is 5.44. The van der Waals surface area contributed by atoms with E-state index in [1.165, 1.54) is 0 Å². The van der Waals surface area contributed by atoms with Crippen molar-refractivity contribution in [2.75, 3.05) is 0 Å². The van der Waals surface area contributed by atoms with Gasteiger partial charge in [0.2, 0.25) is 5.72 Å². The summed E-state index contributed by atoms with van der Waals surface area (Å²) in [6, 6.07) is 0. The fraction of sp³-hybridized carbons (Fsp3) is 0.500. The van der Waals surface area contributed by atoms with Gasteiger partial charge in [-0.3, -0.25) is 4.57 Å². The minimum atomic E-state index is -0.968. The van der Waals surface area contributed by atoms with Crippen LogP contribution >= 0.6 is 0 Å². The van der Waals surface area contributed by atoms with Crippen molar-refractivity contribution in [3.63, 3.8) is 0 Å². The third-order valence-corrected chi connectivity index (χ3v) is 2.61. The minimum Gasteiger partial charge on any atom is -0.418 e. The van der Waals surface area contributed by atoms with Gasteiger partial charge in [0.1, 0.15) is 0 Å². The molecule has 0 saturated carbocycles.